The van der Waals surface area contributed by atoms with Crippen molar-refractivity contribution in [3.8, 4) is 0 Å². The summed E-state index contributed by atoms with van der Waals surface area (Å²) in [6, 6.07) is 6.67. The molecular formula is C15H21BrO. The lowest BCUT2D eigenvalue weighted by atomic mass is 9.76. The highest BCUT2D eigenvalue weighted by atomic mass is 79.9. The number of methoxy groups -OCH3 is 1. The Labute approximate surface area is 113 Å². The van der Waals surface area contributed by atoms with Crippen LogP contribution in [-0.4, -0.2) is 12.7 Å². The quantitative estimate of drug-likeness (QED) is 0.732. The van der Waals surface area contributed by atoms with Crippen molar-refractivity contribution in [2.75, 3.05) is 7.11 Å². The molecule has 0 aliphatic heterocycles. The Kier molecular flexibility index (Phi) is 3.94. The molecule has 1 fully saturated rings. The average molecular weight is 297 g/mol. The van der Waals surface area contributed by atoms with Gasteiger partial charge in [0, 0.05) is 11.9 Å². The summed E-state index contributed by atoms with van der Waals surface area (Å²) in [6.07, 6.45) is 4.79. The lowest BCUT2D eigenvalue weighted by Crippen LogP contribution is -2.39. The molecule has 0 amide bonds. The van der Waals surface area contributed by atoms with Crippen LogP contribution in [0.1, 0.15) is 47.2 Å². The van der Waals surface area contributed by atoms with E-state index in [1.165, 1.54) is 36.0 Å². The molecule has 1 aromatic carbocycles. The molecule has 1 saturated carbocycles. The van der Waals surface area contributed by atoms with Gasteiger partial charge in [-0.1, -0.05) is 39.7 Å². The van der Waals surface area contributed by atoms with Crippen LogP contribution in [0.4, 0.5) is 0 Å². The first-order chi connectivity index (χ1) is 8.06. The van der Waals surface area contributed by atoms with Crippen molar-refractivity contribution in [3.63, 3.8) is 0 Å². The molecule has 17 heavy (non-hydrogen) atoms. The first kappa shape index (κ1) is 13.1. The Morgan fingerprint density at radius 2 is 2.06 bits per heavy atom. The molecule has 1 aliphatic rings. The minimum absolute atomic E-state index is 0.129. The second-order valence-corrected chi connectivity index (χ2v) is 6.38. The molecular weight excluding hydrogens is 276 g/mol. The van der Waals surface area contributed by atoms with Gasteiger partial charge in [-0.05, 0) is 50.7 Å². The molecule has 2 heteroatoms. The summed E-state index contributed by atoms with van der Waals surface area (Å²) in [5, 5.41) is 0. The fraction of sp³-hybridized carbons (Fsp3) is 0.600. The predicted molar refractivity (Wildman–Crippen MR) is 75.8 cm³/mol. The third kappa shape index (κ3) is 2.74. The van der Waals surface area contributed by atoms with Crippen LogP contribution in [0.2, 0.25) is 0 Å². The van der Waals surface area contributed by atoms with Gasteiger partial charge in [-0.25, -0.2) is 0 Å². The number of rotatable bonds is 4. The smallest absolute Gasteiger partial charge is 0.0692 e. The van der Waals surface area contributed by atoms with E-state index in [4.69, 9.17) is 4.74 Å². The van der Waals surface area contributed by atoms with Crippen molar-refractivity contribution in [1.82, 2.24) is 0 Å². The van der Waals surface area contributed by atoms with Gasteiger partial charge in [-0.3, -0.25) is 0 Å². The lowest BCUT2D eigenvalue weighted by Gasteiger charge is -2.42. The average Bonchev–Trinajstić information content (AvgIpc) is 2.26. The molecule has 2 rings (SSSR count). The zero-order chi connectivity index (χ0) is 12.5. The largest absolute Gasteiger partial charge is 0.378 e. The molecule has 0 saturated heterocycles. The zero-order valence-corrected chi connectivity index (χ0v) is 12.5. The Morgan fingerprint density at radius 3 is 2.59 bits per heavy atom. The van der Waals surface area contributed by atoms with Crippen LogP contribution in [0.15, 0.2) is 18.2 Å². The highest BCUT2D eigenvalue weighted by Crippen LogP contribution is 2.45. The summed E-state index contributed by atoms with van der Waals surface area (Å²) in [7, 11) is 1.85. The van der Waals surface area contributed by atoms with Crippen LogP contribution in [0, 0.1) is 13.8 Å². The molecule has 0 N–H and O–H groups in total. The molecule has 1 atom stereocenters. The Bertz CT molecular complexity index is 390. The number of benzene rings is 1. The van der Waals surface area contributed by atoms with E-state index in [0.717, 1.165) is 6.42 Å². The first-order valence-corrected chi connectivity index (χ1v) is 7.24. The third-order valence-corrected chi connectivity index (χ3v) is 4.84. The topological polar surface area (TPSA) is 9.23 Å². The Hall–Kier alpha value is -0.340. The van der Waals surface area contributed by atoms with E-state index in [9.17, 15) is 0 Å². The lowest BCUT2D eigenvalue weighted by molar-refractivity contribution is -0.0773. The number of ether oxygens (including phenoxy) is 1. The minimum atomic E-state index is 0.129. The van der Waals surface area contributed by atoms with E-state index in [1.807, 2.05) is 7.11 Å². The fourth-order valence-corrected chi connectivity index (χ4v) is 3.68. The van der Waals surface area contributed by atoms with Gasteiger partial charge in [0.15, 0.2) is 0 Å². The van der Waals surface area contributed by atoms with Crippen LogP contribution in [0.25, 0.3) is 0 Å². The van der Waals surface area contributed by atoms with Crippen LogP contribution in [-0.2, 0) is 4.74 Å². The summed E-state index contributed by atoms with van der Waals surface area (Å²) in [5.74, 6) is 0. The van der Waals surface area contributed by atoms with Gasteiger partial charge in [0.05, 0.1) is 5.60 Å². The SMILES string of the molecule is COC1(CC(Br)c2cc(C)ccc2C)CCC1. The molecule has 94 valence electrons. The summed E-state index contributed by atoms with van der Waals surface area (Å²) < 4.78 is 5.71. The number of hydrogen-bond acceptors (Lipinski definition) is 1. The maximum atomic E-state index is 5.71. The van der Waals surface area contributed by atoms with E-state index in [2.05, 4.69) is 48.0 Å². The van der Waals surface area contributed by atoms with Crippen molar-refractivity contribution in [1.29, 1.82) is 0 Å². The normalized spacial score (nSPS) is 19.8. The van der Waals surface area contributed by atoms with E-state index in [0.29, 0.717) is 4.83 Å². The van der Waals surface area contributed by atoms with Gasteiger partial charge >= 0.3 is 0 Å². The Morgan fingerprint density at radius 1 is 1.35 bits per heavy atom. The molecule has 1 unspecified atom stereocenters. The van der Waals surface area contributed by atoms with Crippen LogP contribution >= 0.6 is 15.9 Å². The van der Waals surface area contributed by atoms with Crippen molar-refractivity contribution >= 4 is 15.9 Å². The summed E-state index contributed by atoms with van der Waals surface area (Å²) in [5.41, 5.74) is 4.23. The van der Waals surface area contributed by atoms with Crippen molar-refractivity contribution < 1.29 is 4.74 Å². The van der Waals surface area contributed by atoms with Gasteiger partial charge in [-0.2, -0.15) is 0 Å². The molecule has 0 aromatic heterocycles. The van der Waals surface area contributed by atoms with Gasteiger partial charge in [-0.15, -0.1) is 0 Å². The molecule has 0 bridgehead atoms. The zero-order valence-electron chi connectivity index (χ0n) is 10.9. The maximum absolute atomic E-state index is 5.71. The van der Waals surface area contributed by atoms with Gasteiger partial charge in [0.1, 0.15) is 0 Å². The number of halogens is 1. The second kappa shape index (κ2) is 5.11. The first-order valence-electron chi connectivity index (χ1n) is 6.33. The monoisotopic (exact) mass is 296 g/mol. The predicted octanol–water partition coefficient (Wildman–Crippen LogP) is 4.70. The van der Waals surface area contributed by atoms with Gasteiger partial charge < -0.3 is 4.74 Å². The third-order valence-electron chi connectivity index (χ3n) is 4.02. The van der Waals surface area contributed by atoms with Crippen molar-refractivity contribution in [2.45, 2.75) is 50.0 Å². The summed E-state index contributed by atoms with van der Waals surface area (Å²) in [4.78, 5) is 0.405. The number of alkyl halides is 1. The standard InChI is InChI=1S/C15H21BrO/c1-11-5-6-12(2)13(9-11)14(16)10-15(17-3)7-4-8-15/h5-6,9,14H,4,7-8,10H2,1-3H3. The molecule has 1 aromatic rings. The fourth-order valence-electron chi connectivity index (χ4n) is 2.60. The van der Waals surface area contributed by atoms with E-state index < -0.39 is 0 Å². The van der Waals surface area contributed by atoms with Crippen molar-refractivity contribution in [3.05, 3.63) is 34.9 Å². The molecule has 1 nitrogen and oxygen atoms in total. The summed E-state index contributed by atoms with van der Waals surface area (Å²) in [6.45, 7) is 4.33. The number of aryl methyl sites for hydroxylation is 2. The molecule has 0 heterocycles. The highest BCUT2D eigenvalue weighted by Gasteiger charge is 2.38. The summed E-state index contributed by atoms with van der Waals surface area (Å²) >= 11 is 3.84. The van der Waals surface area contributed by atoms with E-state index in [1.54, 1.807) is 0 Å². The molecule has 0 spiro atoms. The number of hydrogen-bond donors (Lipinski definition) is 0. The van der Waals surface area contributed by atoms with E-state index >= 15 is 0 Å². The Balaban J connectivity index is 2.13. The van der Waals surface area contributed by atoms with Crippen LogP contribution < -0.4 is 0 Å². The van der Waals surface area contributed by atoms with Gasteiger partial charge in [0.2, 0.25) is 0 Å². The van der Waals surface area contributed by atoms with E-state index in [-0.39, 0.29) is 5.60 Å². The van der Waals surface area contributed by atoms with Crippen molar-refractivity contribution in [2.24, 2.45) is 0 Å². The minimum Gasteiger partial charge on any atom is -0.378 e. The molecule has 0 radical (unpaired) electrons. The molecule has 1 aliphatic carbocycles. The second-order valence-electron chi connectivity index (χ2n) is 5.27. The van der Waals surface area contributed by atoms with Crippen LogP contribution in [0.3, 0.4) is 0 Å². The highest BCUT2D eigenvalue weighted by molar-refractivity contribution is 9.09. The van der Waals surface area contributed by atoms with Gasteiger partial charge in [0.25, 0.3) is 0 Å². The maximum Gasteiger partial charge on any atom is 0.0692 e. The van der Waals surface area contributed by atoms with Crippen LogP contribution in [0.5, 0.6) is 0 Å².